The van der Waals surface area contributed by atoms with E-state index in [4.69, 9.17) is 0 Å². The van der Waals surface area contributed by atoms with E-state index >= 15 is 0 Å². The van der Waals surface area contributed by atoms with Crippen LogP contribution >= 0.6 is 0 Å². The molecule has 0 atom stereocenters. The van der Waals surface area contributed by atoms with Crippen LogP contribution in [0.3, 0.4) is 0 Å². The molecule has 0 aliphatic carbocycles. The van der Waals surface area contributed by atoms with Gasteiger partial charge in [-0.2, -0.15) is 0 Å². The topological polar surface area (TPSA) is 155 Å². The second-order valence-corrected chi connectivity index (χ2v) is 10.2. The fourth-order valence-corrected chi connectivity index (χ4v) is 6.56. The Kier molecular flexibility index (Phi) is 4.16. The van der Waals surface area contributed by atoms with Crippen LogP contribution in [-0.4, -0.2) is 39.0 Å². The molecule has 0 saturated carbocycles. The molecule has 1 heterocycles. The number of carboxylic acids is 2. The molecule has 3 N–H and O–H groups in total. The first kappa shape index (κ1) is 19.9. The van der Waals surface area contributed by atoms with Crippen molar-refractivity contribution in [3.05, 3.63) is 59.2 Å². The summed E-state index contributed by atoms with van der Waals surface area (Å²) in [5.74, 6) is -3.11. The molecule has 0 bridgehead atoms. The third-order valence-electron chi connectivity index (χ3n) is 4.79. The average molecular weight is 447 g/mol. The van der Waals surface area contributed by atoms with Gasteiger partial charge in [0.15, 0.2) is 0 Å². The van der Waals surface area contributed by atoms with Gasteiger partial charge in [-0.05, 0) is 30.5 Å². The molecule has 0 radical (unpaired) electrons. The molecular formula is C19H13NO8S2. The maximum Gasteiger partial charge on any atom is 0.337 e. The van der Waals surface area contributed by atoms with Crippen molar-refractivity contribution in [1.82, 2.24) is 0 Å². The van der Waals surface area contributed by atoms with Gasteiger partial charge in [0.1, 0.15) is 9.79 Å². The summed E-state index contributed by atoms with van der Waals surface area (Å²) < 4.78 is 53.5. The number of anilines is 1. The summed E-state index contributed by atoms with van der Waals surface area (Å²) in [5.41, 5.74) is -0.812. The molecule has 0 spiro atoms. The van der Waals surface area contributed by atoms with E-state index in [-0.39, 0.29) is 15.7 Å². The Morgan fingerprint density at radius 2 is 1.60 bits per heavy atom. The van der Waals surface area contributed by atoms with Crippen LogP contribution in [0.2, 0.25) is 0 Å². The maximum atomic E-state index is 13.5. The van der Waals surface area contributed by atoms with Crippen LogP contribution in [0.4, 0.5) is 5.69 Å². The van der Waals surface area contributed by atoms with Gasteiger partial charge in [0.05, 0.1) is 21.7 Å². The summed E-state index contributed by atoms with van der Waals surface area (Å²) in [7, 11) is -8.67. The number of aromatic carboxylic acids is 2. The fourth-order valence-electron chi connectivity index (χ4n) is 3.48. The number of sulfone groups is 1. The van der Waals surface area contributed by atoms with Crippen molar-refractivity contribution in [1.29, 1.82) is 0 Å². The van der Waals surface area contributed by atoms with E-state index in [1.54, 1.807) is 6.92 Å². The summed E-state index contributed by atoms with van der Waals surface area (Å²) in [4.78, 5) is 22.2. The van der Waals surface area contributed by atoms with Crippen LogP contribution in [0.5, 0.6) is 0 Å². The predicted molar refractivity (Wildman–Crippen MR) is 105 cm³/mol. The highest BCUT2D eigenvalue weighted by Gasteiger charge is 2.44. The van der Waals surface area contributed by atoms with Crippen molar-refractivity contribution >= 4 is 48.3 Å². The lowest BCUT2D eigenvalue weighted by Gasteiger charge is -2.28. The highest BCUT2D eigenvalue weighted by molar-refractivity contribution is 7.95. The molecule has 11 heteroatoms. The number of rotatable bonds is 4. The summed E-state index contributed by atoms with van der Waals surface area (Å²) in [6, 6.07) is 9.24. The van der Waals surface area contributed by atoms with Crippen molar-refractivity contribution in [2.24, 2.45) is 0 Å². The van der Waals surface area contributed by atoms with E-state index in [2.05, 4.69) is 0 Å². The Hall–Kier alpha value is -3.44. The van der Waals surface area contributed by atoms with Gasteiger partial charge in [0.25, 0.3) is 10.0 Å². The van der Waals surface area contributed by atoms with E-state index in [1.165, 1.54) is 36.4 Å². The Bertz CT molecular complexity index is 1490. The second-order valence-electron chi connectivity index (χ2n) is 6.67. The molecule has 154 valence electrons. The fraction of sp³-hybridized carbons (Fsp3) is 0.0526. The zero-order chi connectivity index (χ0) is 22.0. The van der Waals surface area contributed by atoms with E-state index < -0.39 is 58.4 Å². The van der Waals surface area contributed by atoms with Gasteiger partial charge >= 0.3 is 11.9 Å². The van der Waals surface area contributed by atoms with Crippen LogP contribution < -0.4 is 4.72 Å². The zero-order valence-corrected chi connectivity index (χ0v) is 16.8. The van der Waals surface area contributed by atoms with Gasteiger partial charge in [-0.1, -0.05) is 29.8 Å². The van der Waals surface area contributed by atoms with Crippen molar-refractivity contribution in [3.8, 4) is 0 Å². The first-order chi connectivity index (χ1) is 14.0. The van der Waals surface area contributed by atoms with Crippen molar-refractivity contribution in [2.45, 2.75) is 21.6 Å². The highest BCUT2D eigenvalue weighted by Crippen LogP contribution is 2.48. The lowest BCUT2D eigenvalue weighted by Crippen LogP contribution is -2.31. The van der Waals surface area contributed by atoms with E-state index in [0.29, 0.717) is 0 Å². The first-order valence-electron chi connectivity index (χ1n) is 8.40. The van der Waals surface area contributed by atoms with Gasteiger partial charge in [0, 0.05) is 5.39 Å². The van der Waals surface area contributed by atoms with Gasteiger partial charge in [-0.25, -0.2) is 26.4 Å². The van der Waals surface area contributed by atoms with Gasteiger partial charge in [0.2, 0.25) is 9.84 Å². The monoisotopic (exact) mass is 447 g/mol. The molecule has 1 aliphatic heterocycles. The number of hydrogen-bond acceptors (Lipinski definition) is 6. The summed E-state index contributed by atoms with van der Waals surface area (Å²) in [6.45, 7) is 1.75. The van der Waals surface area contributed by atoms with Crippen molar-refractivity contribution < 1.29 is 36.6 Å². The standard InChI is InChI=1S/C19H13NO8S2/c1-9-5-7-10(8-6-9)29(25,26)16-13-11(3-2-4-12(13)18(21)22)14(19(23)24)17-15(16)20-30(17,27)28/h2-8,20H,1H3,(H,21,22)(H,23,24). The van der Waals surface area contributed by atoms with E-state index in [1.807, 2.05) is 4.72 Å². The molecule has 3 aromatic rings. The smallest absolute Gasteiger partial charge is 0.337 e. The lowest BCUT2D eigenvalue weighted by atomic mass is 9.98. The van der Waals surface area contributed by atoms with Crippen LogP contribution in [0.1, 0.15) is 26.3 Å². The Morgan fingerprint density at radius 3 is 2.13 bits per heavy atom. The summed E-state index contributed by atoms with van der Waals surface area (Å²) in [5, 5.41) is 18.6. The largest absolute Gasteiger partial charge is 0.478 e. The number of aryl methyl sites for hydroxylation is 1. The van der Waals surface area contributed by atoms with E-state index in [0.717, 1.165) is 11.6 Å². The van der Waals surface area contributed by atoms with Crippen LogP contribution in [-0.2, 0) is 19.9 Å². The minimum atomic E-state index is -4.42. The minimum Gasteiger partial charge on any atom is -0.478 e. The van der Waals surface area contributed by atoms with Gasteiger partial charge < -0.3 is 10.2 Å². The number of sulfonamides is 1. The molecule has 1 aliphatic rings. The van der Waals surface area contributed by atoms with Crippen LogP contribution in [0.15, 0.2) is 57.2 Å². The minimum absolute atomic E-state index is 0.189. The number of carbonyl (C=O) groups is 2. The maximum absolute atomic E-state index is 13.5. The van der Waals surface area contributed by atoms with Crippen molar-refractivity contribution in [3.63, 3.8) is 0 Å². The third-order valence-corrected chi connectivity index (χ3v) is 8.05. The van der Waals surface area contributed by atoms with Crippen LogP contribution in [0, 0.1) is 6.92 Å². The quantitative estimate of drug-likeness (QED) is 0.551. The van der Waals surface area contributed by atoms with Crippen molar-refractivity contribution in [2.75, 3.05) is 4.72 Å². The molecule has 0 unspecified atom stereocenters. The molecule has 0 saturated heterocycles. The Balaban J connectivity index is 2.27. The Morgan fingerprint density at radius 1 is 0.967 bits per heavy atom. The van der Waals surface area contributed by atoms with Gasteiger partial charge in [-0.3, -0.25) is 4.72 Å². The molecule has 0 fully saturated rings. The molecule has 3 aromatic carbocycles. The third kappa shape index (κ3) is 2.66. The zero-order valence-electron chi connectivity index (χ0n) is 15.2. The summed E-state index contributed by atoms with van der Waals surface area (Å²) >= 11 is 0. The van der Waals surface area contributed by atoms with Gasteiger partial charge in [-0.15, -0.1) is 0 Å². The SMILES string of the molecule is Cc1ccc(S(=O)(=O)c2c3c(c(C(=O)O)c4cccc(C(=O)O)c24)S(=O)(=O)N3)cc1. The normalized spacial score (nSPS) is 14.4. The second kappa shape index (κ2) is 6.28. The molecule has 4 rings (SSSR count). The molecule has 9 nitrogen and oxygen atoms in total. The average Bonchev–Trinajstić information content (AvgIpc) is 2.65. The number of benzene rings is 3. The summed E-state index contributed by atoms with van der Waals surface area (Å²) in [6.07, 6.45) is 0. The highest BCUT2D eigenvalue weighted by atomic mass is 32.2. The lowest BCUT2D eigenvalue weighted by molar-refractivity contribution is 0.0684. The molecule has 0 aromatic heterocycles. The number of fused-ring (bicyclic) bond motifs is 2. The first-order valence-corrected chi connectivity index (χ1v) is 11.4. The number of hydrogen-bond donors (Lipinski definition) is 3. The van der Waals surface area contributed by atoms with E-state index in [9.17, 15) is 36.6 Å². The van der Waals surface area contributed by atoms with Crippen LogP contribution in [0.25, 0.3) is 10.8 Å². The number of nitrogens with one attached hydrogen (secondary N) is 1. The number of carboxylic acid groups (broad SMARTS) is 2. The molecular weight excluding hydrogens is 434 g/mol. The molecule has 0 amide bonds. The Labute approximate surface area is 170 Å². The molecule has 30 heavy (non-hydrogen) atoms. The predicted octanol–water partition coefficient (Wildman–Crippen LogP) is 2.49.